The van der Waals surface area contributed by atoms with Crippen molar-refractivity contribution < 1.29 is 4.79 Å². The van der Waals surface area contributed by atoms with Gasteiger partial charge in [-0.15, -0.1) is 0 Å². The minimum absolute atomic E-state index is 0.138. The van der Waals surface area contributed by atoms with E-state index in [0.717, 1.165) is 36.8 Å². The molecule has 0 bridgehead atoms. The topological polar surface area (TPSA) is 45.2 Å². The predicted molar refractivity (Wildman–Crippen MR) is 90.4 cm³/mol. The molecule has 1 aromatic carbocycles. The van der Waals surface area contributed by atoms with Gasteiger partial charge < -0.3 is 10.2 Å². The minimum Gasteiger partial charge on any atom is -0.371 e. The van der Waals surface area contributed by atoms with E-state index < -0.39 is 0 Å². The predicted octanol–water partition coefficient (Wildman–Crippen LogP) is 3.24. The van der Waals surface area contributed by atoms with E-state index in [4.69, 9.17) is 11.6 Å². The van der Waals surface area contributed by atoms with E-state index >= 15 is 0 Å². The van der Waals surface area contributed by atoms with Gasteiger partial charge in [-0.2, -0.15) is 0 Å². The average Bonchev–Trinajstić information content (AvgIpc) is 2.54. The summed E-state index contributed by atoms with van der Waals surface area (Å²) in [6, 6.07) is 7.86. The molecule has 0 radical (unpaired) electrons. The Hall–Kier alpha value is -1.81. The van der Waals surface area contributed by atoms with Gasteiger partial charge in [0.15, 0.2) is 0 Å². The summed E-state index contributed by atoms with van der Waals surface area (Å²) in [5, 5.41) is 4.74. The van der Waals surface area contributed by atoms with E-state index in [1.54, 1.807) is 0 Å². The van der Waals surface area contributed by atoms with Gasteiger partial charge in [-0.3, -0.25) is 9.78 Å². The third-order valence-electron chi connectivity index (χ3n) is 4.24. The van der Waals surface area contributed by atoms with Gasteiger partial charge in [0.25, 0.3) is 0 Å². The lowest BCUT2D eigenvalue weighted by molar-refractivity contribution is -0.125. The maximum Gasteiger partial charge on any atom is 0.223 e. The molecular formula is C17H20ClN3O. The summed E-state index contributed by atoms with van der Waals surface area (Å²) >= 11 is 6.04. The van der Waals surface area contributed by atoms with Gasteiger partial charge >= 0.3 is 0 Å². The number of halogens is 1. The van der Waals surface area contributed by atoms with Crippen LogP contribution in [0, 0.1) is 5.92 Å². The summed E-state index contributed by atoms with van der Waals surface area (Å²) in [7, 11) is 0. The van der Waals surface area contributed by atoms with Crippen molar-refractivity contribution in [2.45, 2.75) is 19.8 Å². The quantitative estimate of drug-likeness (QED) is 0.945. The lowest BCUT2D eigenvalue weighted by Gasteiger charge is -2.33. The van der Waals surface area contributed by atoms with Crippen LogP contribution in [0.4, 0.5) is 5.69 Å². The summed E-state index contributed by atoms with van der Waals surface area (Å²) in [4.78, 5) is 18.7. The fourth-order valence-corrected chi connectivity index (χ4v) is 3.25. The molecule has 0 spiro atoms. The molecule has 3 rings (SSSR count). The number of hydrogen-bond acceptors (Lipinski definition) is 3. The number of carbonyl (C=O) groups is 1. The lowest BCUT2D eigenvalue weighted by atomic mass is 9.95. The molecule has 2 heterocycles. The number of piperidine rings is 1. The maximum absolute atomic E-state index is 11.9. The zero-order chi connectivity index (χ0) is 15.5. The Balaban J connectivity index is 1.78. The molecule has 1 N–H and O–H groups in total. The largest absolute Gasteiger partial charge is 0.371 e. The van der Waals surface area contributed by atoms with E-state index in [1.807, 2.05) is 37.4 Å². The van der Waals surface area contributed by atoms with Crippen molar-refractivity contribution in [1.82, 2.24) is 10.3 Å². The average molecular weight is 318 g/mol. The molecule has 1 saturated heterocycles. The molecule has 116 valence electrons. The monoisotopic (exact) mass is 317 g/mol. The summed E-state index contributed by atoms with van der Waals surface area (Å²) in [6.07, 6.45) is 3.61. The van der Waals surface area contributed by atoms with Crippen molar-refractivity contribution in [3.63, 3.8) is 0 Å². The number of rotatable bonds is 3. The number of fused-ring (bicyclic) bond motifs is 1. The lowest BCUT2D eigenvalue weighted by Crippen LogP contribution is -2.40. The molecule has 1 fully saturated rings. The van der Waals surface area contributed by atoms with E-state index in [1.165, 1.54) is 5.69 Å². The second-order valence-corrected chi connectivity index (χ2v) is 6.08. The smallest absolute Gasteiger partial charge is 0.223 e. The Labute approximate surface area is 135 Å². The van der Waals surface area contributed by atoms with Gasteiger partial charge in [-0.25, -0.2) is 0 Å². The first-order valence-corrected chi connectivity index (χ1v) is 8.13. The Morgan fingerprint density at radius 1 is 1.36 bits per heavy atom. The van der Waals surface area contributed by atoms with Gasteiger partial charge in [0.05, 0.1) is 5.52 Å². The second-order valence-electron chi connectivity index (χ2n) is 5.65. The Bertz CT molecular complexity index is 681. The van der Waals surface area contributed by atoms with Crippen molar-refractivity contribution >= 4 is 34.1 Å². The zero-order valence-corrected chi connectivity index (χ0v) is 13.4. The number of nitrogens with zero attached hydrogens (tertiary/aromatic N) is 2. The van der Waals surface area contributed by atoms with E-state index in [9.17, 15) is 4.79 Å². The van der Waals surface area contributed by atoms with Gasteiger partial charge in [-0.1, -0.05) is 11.6 Å². The molecule has 0 atom stereocenters. The van der Waals surface area contributed by atoms with Crippen molar-refractivity contribution in [1.29, 1.82) is 0 Å². The second kappa shape index (κ2) is 6.53. The fraction of sp³-hybridized carbons (Fsp3) is 0.412. The third-order valence-corrected chi connectivity index (χ3v) is 4.47. The molecule has 4 nitrogen and oxygen atoms in total. The number of pyridine rings is 1. The highest BCUT2D eigenvalue weighted by atomic mass is 35.5. The minimum atomic E-state index is 0.138. The van der Waals surface area contributed by atoms with Crippen molar-refractivity contribution in [2.24, 2.45) is 5.92 Å². The van der Waals surface area contributed by atoms with Crippen LogP contribution in [-0.2, 0) is 4.79 Å². The zero-order valence-electron chi connectivity index (χ0n) is 12.7. The van der Waals surface area contributed by atoms with Crippen LogP contribution in [0.25, 0.3) is 10.9 Å². The van der Waals surface area contributed by atoms with E-state index in [2.05, 4.69) is 15.2 Å². The molecule has 2 aromatic rings. The van der Waals surface area contributed by atoms with Crippen molar-refractivity contribution in [2.75, 3.05) is 24.5 Å². The molecule has 0 aliphatic carbocycles. The number of benzene rings is 1. The highest BCUT2D eigenvalue weighted by Crippen LogP contribution is 2.30. The van der Waals surface area contributed by atoms with E-state index in [0.29, 0.717) is 11.6 Å². The normalized spacial score (nSPS) is 16.0. The molecule has 1 aliphatic rings. The van der Waals surface area contributed by atoms with Crippen LogP contribution < -0.4 is 10.2 Å². The Morgan fingerprint density at radius 3 is 2.86 bits per heavy atom. The Morgan fingerprint density at radius 2 is 2.14 bits per heavy atom. The first-order valence-electron chi connectivity index (χ1n) is 7.76. The molecule has 1 amide bonds. The van der Waals surface area contributed by atoms with Gasteiger partial charge in [-0.05, 0) is 44.0 Å². The summed E-state index contributed by atoms with van der Waals surface area (Å²) < 4.78 is 0. The number of amides is 1. The molecule has 5 heteroatoms. The highest BCUT2D eigenvalue weighted by Gasteiger charge is 2.25. The standard InChI is InChI=1S/C17H20ClN3O/c1-2-19-17(22)12-6-9-21(10-7-12)16-5-8-20-15-11-13(18)3-4-14(15)16/h3-5,8,11-12H,2,6-7,9-10H2,1H3,(H,19,22). The number of carbonyl (C=O) groups excluding carboxylic acids is 1. The van der Waals surface area contributed by atoms with Crippen LogP contribution in [-0.4, -0.2) is 30.5 Å². The molecule has 22 heavy (non-hydrogen) atoms. The van der Waals surface area contributed by atoms with Gasteiger partial charge in [0, 0.05) is 47.8 Å². The van der Waals surface area contributed by atoms with E-state index in [-0.39, 0.29) is 11.8 Å². The molecule has 0 unspecified atom stereocenters. The number of aromatic nitrogens is 1. The first kappa shape index (κ1) is 15.1. The number of hydrogen-bond donors (Lipinski definition) is 1. The Kier molecular flexibility index (Phi) is 4.48. The van der Waals surface area contributed by atoms with Crippen LogP contribution in [0.15, 0.2) is 30.5 Å². The fourth-order valence-electron chi connectivity index (χ4n) is 3.08. The SMILES string of the molecule is CCNC(=O)C1CCN(c2ccnc3cc(Cl)ccc23)CC1. The summed E-state index contributed by atoms with van der Waals surface area (Å²) in [5.74, 6) is 0.326. The van der Waals surface area contributed by atoms with Crippen LogP contribution in [0.1, 0.15) is 19.8 Å². The number of anilines is 1. The summed E-state index contributed by atoms with van der Waals surface area (Å²) in [5.41, 5.74) is 2.09. The molecule has 1 aromatic heterocycles. The maximum atomic E-state index is 11.9. The van der Waals surface area contributed by atoms with Gasteiger partial charge in [0.1, 0.15) is 0 Å². The van der Waals surface area contributed by atoms with Crippen molar-refractivity contribution in [3.8, 4) is 0 Å². The van der Waals surface area contributed by atoms with Crippen LogP contribution >= 0.6 is 11.6 Å². The van der Waals surface area contributed by atoms with Crippen LogP contribution in [0.2, 0.25) is 5.02 Å². The third kappa shape index (κ3) is 3.02. The van der Waals surface area contributed by atoms with Crippen LogP contribution in [0.5, 0.6) is 0 Å². The van der Waals surface area contributed by atoms with Gasteiger partial charge in [0.2, 0.25) is 5.91 Å². The molecule has 1 aliphatic heterocycles. The summed E-state index contributed by atoms with van der Waals surface area (Å²) in [6.45, 7) is 4.45. The molecule has 0 saturated carbocycles. The van der Waals surface area contributed by atoms with Crippen LogP contribution in [0.3, 0.4) is 0 Å². The number of nitrogens with one attached hydrogen (secondary N) is 1. The molecular weight excluding hydrogens is 298 g/mol. The highest BCUT2D eigenvalue weighted by molar-refractivity contribution is 6.31. The van der Waals surface area contributed by atoms with Crippen molar-refractivity contribution in [3.05, 3.63) is 35.5 Å². The first-order chi connectivity index (χ1) is 10.7.